The molecular formula is C9H14N3O6PS. The van der Waals surface area contributed by atoms with Crippen LogP contribution in [-0.2, 0) is 9.09 Å². The first-order chi connectivity index (χ1) is 9.26. The number of phosphoric acid groups is 1. The molecule has 1 saturated heterocycles. The SMILES string of the molecule is Nc1ccn([C@H]2CC(O)[C@@H](COP(=O)(O)O)S2)c(=O)n1. The molecule has 2 rings (SSSR count). The van der Waals surface area contributed by atoms with Crippen molar-refractivity contribution in [1.82, 2.24) is 9.55 Å². The second kappa shape index (κ2) is 5.84. The van der Waals surface area contributed by atoms with Crippen molar-refractivity contribution in [3.05, 3.63) is 22.7 Å². The molecule has 1 aliphatic heterocycles. The van der Waals surface area contributed by atoms with Gasteiger partial charge in [-0.3, -0.25) is 9.09 Å². The van der Waals surface area contributed by atoms with Crippen molar-refractivity contribution in [2.24, 2.45) is 0 Å². The Morgan fingerprint density at radius 2 is 2.30 bits per heavy atom. The lowest BCUT2D eigenvalue weighted by Crippen LogP contribution is -2.25. The van der Waals surface area contributed by atoms with Gasteiger partial charge in [-0.1, -0.05) is 0 Å². The van der Waals surface area contributed by atoms with Gasteiger partial charge in [-0.25, -0.2) is 9.36 Å². The number of hydrogen-bond acceptors (Lipinski definition) is 7. The Balaban J connectivity index is 2.06. The zero-order valence-corrected chi connectivity index (χ0v) is 11.9. The van der Waals surface area contributed by atoms with Gasteiger partial charge in [-0.2, -0.15) is 4.98 Å². The maximum atomic E-state index is 11.7. The number of hydrogen-bond donors (Lipinski definition) is 4. The van der Waals surface area contributed by atoms with Crippen LogP contribution >= 0.6 is 19.6 Å². The zero-order chi connectivity index (χ0) is 14.9. The molecule has 1 unspecified atom stereocenters. The summed E-state index contributed by atoms with van der Waals surface area (Å²) in [7, 11) is -4.57. The third kappa shape index (κ3) is 3.81. The minimum atomic E-state index is -4.57. The van der Waals surface area contributed by atoms with E-state index in [1.807, 2.05) is 0 Å². The second-order valence-corrected chi connectivity index (χ2v) is 6.92. The van der Waals surface area contributed by atoms with Crippen molar-refractivity contribution >= 4 is 25.4 Å². The molecule has 0 spiro atoms. The molecule has 0 amide bonds. The first kappa shape index (κ1) is 15.5. The fourth-order valence-corrected chi connectivity index (χ4v) is 3.75. The van der Waals surface area contributed by atoms with Gasteiger partial charge in [-0.05, 0) is 6.07 Å². The third-order valence-electron chi connectivity index (χ3n) is 2.77. The van der Waals surface area contributed by atoms with Gasteiger partial charge in [0, 0.05) is 12.6 Å². The molecule has 5 N–H and O–H groups in total. The Bertz CT molecular complexity index is 589. The first-order valence-electron chi connectivity index (χ1n) is 5.64. The van der Waals surface area contributed by atoms with E-state index in [9.17, 15) is 14.5 Å². The zero-order valence-electron chi connectivity index (χ0n) is 10.2. The van der Waals surface area contributed by atoms with Crippen molar-refractivity contribution in [1.29, 1.82) is 0 Å². The maximum absolute atomic E-state index is 11.7. The predicted molar refractivity (Wildman–Crippen MR) is 71.9 cm³/mol. The number of rotatable bonds is 4. The lowest BCUT2D eigenvalue weighted by Gasteiger charge is -2.14. The molecule has 0 radical (unpaired) electrons. The number of thioether (sulfide) groups is 1. The van der Waals surface area contributed by atoms with Crippen LogP contribution in [-0.4, -0.2) is 42.4 Å². The van der Waals surface area contributed by atoms with Crippen LogP contribution in [0.4, 0.5) is 5.82 Å². The molecule has 3 atom stereocenters. The van der Waals surface area contributed by atoms with Gasteiger partial charge in [-0.15, -0.1) is 11.8 Å². The van der Waals surface area contributed by atoms with Gasteiger partial charge in [0.05, 0.1) is 23.3 Å². The van der Waals surface area contributed by atoms with Gasteiger partial charge in [0.1, 0.15) is 5.82 Å². The standard InChI is InChI=1S/C9H14N3O6PS/c10-7-1-2-12(9(14)11-7)8-3-5(13)6(20-8)4-18-19(15,16)17/h1-2,5-6,8,13H,3-4H2,(H2,10,11,14)(H2,15,16,17)/t5?,6-,8-/m1/s1. The summed E-state index contributed by atoms with van der Waals surface area (Å²) >= 11 is 1.20. The van der Waals surface area contributed by atoms with Crippen molar-refractivity contribution in [3.63, 3.8) is 0 Å². The molecule has 1 fully saturated rings. The number of nitrogens with zero attached hydrogens (tertiary/aromatic N) is 2. The molecule has 11 heteroatoms. The van der Waals surface area contributed by atoms with Crippen molar-refractivity contribution < 1.29 is 24.0 Å². The summed E-state index contributed by atoms with van der Waals surface area (Å²) in [6.07, 6.45) is 0.896. The van der Waals surface area contributed by atoms with E-state index in [0.29, 0.717) is 0 Å². The minimum absolute atomic E-state index is 0.108. The summed E-state index contributed by atoms with van der Waals surface area (Å²) < 4.78 is 16.3. The van der Waals surface area contributed by atoms with Crippen LogP contribution in [0, 0.1) is 0 Å². The van der Waals surface area contributed by atoms with E-state index in [2.05, 4.69) is 9.51 Å². The van der Waals surface area contributed by atoms with Crippen LogP contribution in [0.3, 0.4) is 0 Å². The summed E-state index contributed by atoms with van der Waals surface area (Å²) in [5.41, 5.74) is 4.85. The highest BCUT2D eigenvalue weighted by Crippen LogP contribution is 2.44. The molecule has 0 bridgehead atoms. The van der Waals surface area contributed by atoms with Gasteiger partial charge >= 0.3 is 13.5 Å². The molecule has 1 aliphatic rings. The number of nitrogens with two attached hydrogens (primary N) is 1. The predicted octanol–water partition coefficient (Wildman–Crippen LogP) is -0.700. The number of aliphatic hydroxyl groups excluding tert-OH is 1. The fourth-order valence-electron chi connectivity index (χ4n) is 1.85. The van der Waals surface area contributed by atoms with Crippen LogP contribution in [0.15, 0.2) is 17.1 Å². The van der Waals surface area contributed by atoms with Gasteiger partial charge in [0.25, 0.3) is 0 Å². The number of aromatic nitrogens is 2. The van der Waals surface area contributed by atoms with E-state index < -0.39 is 24.9 Å². The molecule has 1 aromatic heterocycles. The van der Waals surface area contributed by atoms with Crippen molar-refractivity contribution in [2.75, 3.05) is 12.3 Å². The topological polar surface area (TPSA) is 148 Å². The average Bonchev–Trinajstić information content (AvgIpc) is 2.67. The smallest absolute Gasteiger partial charge is 0.392 e. The summed E-state index contributed by atoms with van der Waals surface area (Å²) in [5.74, 6) is 0.108. The third-order valence-corrected chi connectivity index (χ3v) is 4.79. The van der Waals surface area contributed by atoms with E-state index >= 15 is 0 Å². The maximum Gasteiger partial charge on any atom is 0.469 e. The minimum Gasteiger partial charge on any atom is -0.392 e. The molecule has 112 valence electrons. The Hall–Kier alpha value is -0.900. The quantitative estimate of drug-likeness (QED) is 0.528. The van der Waals surface area contributed by atoms with Crippen molar-refractivity contribution in [2.45, 2.75) is 23.1 Å². The molecule has 2 heterocycles. The van der Waals surface area contributed by atoms with Gasteiger partial charge in [0.15, 0.2) is 0 Å². The van der Waals surface area contributed by atoms with Crippen LogP contribution in [0.5, 0.6) is 0 Å². The largest absolute Gasteiger partial charge is 0.469 e. The lowest BCUT2D eigenvalue weighted by atomic mass is 10.2. The summed E-state index contributed by atoms with van der Waals surface area (Å²) in [6, 6.07) is 1.47. The number of anilines is 1. The van der Waals surface area contributed by atoms with Crippen LogP contribution < -0.4 is 11.4 Å². The van der Waals surface area contributed by atoms with Crippen LogP contribution in [0.1, 0.15) is 11.8 Å². The van der Waals surface area contributed by atoms with Gasteiger partial charge in [0.2, 0.25) is 0 Å². The Morgan fingerprint density at radius 1 is 1.60 bits per heavy atom. The Morgan fingerprint density at radius 3 is 2.90 bits per heavy atom. The monoisotopic (exact) mass is 323 g/mol. The van der Waals surface area contributed by atoms with Crippen molar-refractivity contribution in [3.8, 4) is 0 Å². The number of aliphatic hydroxyl groups is 1. The summed E-state index contributed by atoms with van der Waals surface area (Å²) in [5, 5.41) is 8.94. The first-order valence-corrected chi connectivity index (χ1v) is 8.12. The Labute approximate surface area is 118 Å². The fraction of sp³-hybridized carbons (Fsp3) is 0.556. The molecular weight excluding hydrogens is 309 g/mol. The molecule has 0 aromatic carbocycles. The van der Waals surface area contributed by atoms with E-state index in [4.69, 9.17) is 15.5 Å². The number of nitrogen functional groups attached to an aromatic ring is 1. The molecule has 0 aliphatic carbocycles. The average molecular weight is 323 g/mol. The molecule has 1 aromatic rings. The van der Waals surface area contributed by atoms with Crippen LogP contribution in [0.2, 0.25) is 0 Å². The summed E-state index contributed by atoms with van der Waals surface area (Å²) in [6.45, 7) is -0.302. The van der Waals surface area contributed by atoms with E-state index in [1.165, 1.54) is 28.6 Å². The highest BCUT2D eigenvalue weighted by atomic mass is 32.2. The van der Waals surface area contributed by atoms with Crippen LogP contribution in [0.25, 0.3) is 0 Å². The Kier molecular flexibility index (Phi) is 4.52. The van der Waals surface area contributed by atoms with E-state index in [1.54, 1.807) is 0 Å². The summed E-state index contributed by atoms with van der Waals surface area (Å²) in [4.78, 5) is 32.5. The molecule has 9 nitrogen and oxygen atoms in total. The molecule has 20 heavy (non-hydrogen) atoms. The normalized spacial score (nSPS) is 26.9. The second-order valence-electron chi connectivity index (χ2n) is 4.26. The lowest BCUT2D eigenvalue weighted by molar-refractivity contribution is 0.128. The van der Waals surface area contributed by atoms with Gasteiger partial charge < -0.3 is 20.6 Å². The highest BCUT2D eigenvalue weighted by Gasteiger charge is 2.36. The molecule has 0 saturated carbocycles. The highest BCUT2D eigenvalue weighted by molar-refractivity contribution is 8.00. The van der Waals surface area contributed by atoms with E-state index in [-0.39, 0.29) is 24.2 Å². The number of phosphoric ester groups is 1. The van der Waals surface area contributed by atoms with E-state index in [0.717, 1.165) is 0 Å².